The molecule has 3 aromatic rings. The van der Waals surface area contributed by atoms with Gasteiger partial charge in [0.15, 0.2) is 5.76 Å². The quantitative estimate of drug-likeness (QED) is 0.753. The first kappa shape index (κ1) is 15.5. The van der Waals surface area contributed by atoms with Gasteiger partial charge in [-0.2, -0.15) is 0 Å². The van der Waals surface area contributed by atoms with Crippen LogP contribution in [0.2, 0.25) is 0 Å². The lowest BCUT2D eigenvalue weighted by Gasteiger charge is -2.13. The van der Waals surface area contributed by atoms with Crippen LogP contribution in [0.1, 0.15) is 17.5 Å². The average Bonchev–Trinajstić information content (AvgIpc) is 3.29. The molecule has 1 unspecified atom stereocenters. The normalized spacial score (nSPS) is 11.7. The van der Waals surface area contributed by atoms with Crippen LogP contribution in [0.5, 0.6) is 0 Å². The molecule has 0 aliphatic heterocycles. The Hall–Kier alpha value is -3.35. The van der Waals surface area contributed by atoms with Gasteiger partial charge in [0.2, 0.25) is 5.91 Å². The Morgan fingerprint density at radius 3 is 2.62 bits per heavy atom. The molecule has 0 radical (unpaired) electrons. The number of imidazole rings is 1. The second-order valence-electron chi connectivity index (χ2n) is 5.18. The van der Waals surface area contributed by atoms with Crippen molar-refractivity contribution in [2.75, 3.05) is 5.32 Å². The number of benzene rings is 1. The van der Waals surface area contributed by atoms with Gasteiger partial charge in [0, 0.05) is 23.8 Å². The fourth-order valence-electron chi connectivity index (χ4n) is 2.12. The maximum atomic E-state index is 12.2. The van der Waals surface area contributed by atoms with Crippen LogP contribution in [0, 0.1) is 0 Å². The summed E-state index contributed by atoms with van der Waals surface area (Å²) in [4.78, 5) is 28.0. The second kappa shape index (κ2) is 6.82. The molecule has 7 nitrogen and oxygen atoms in total. The van der Waals surface area contributed by atoms with Gasteiger partial charge in [-0.05, 0) is 43.3 Å². The largest absolute Gasteiger partial charge is 0.459 e. The van der Waals surface area contributed by atoms with E-state index in [1.165, 1.54) is 12.3 Å². The van der Waals surface area contributed by atoms with Crippen LogP contribution < -0.4 is 10.6 Å². The third-order valence-electron chi connectivity index (χ3n) is 3.42. The molecule has 3 rings (SSSR count). The highest BCUT2D eigenvalue weighted by molar-refractivity contribution is 5.99. The van der Waals surface area contributed by atoms with Gasteiger partial charge in [-0.3, -0.25) is 9.59 Å². The highest BCUT2D eigenvalue weighted by Gasteiger charge is 2.18. The van der Waals surface area contributed by atoms with Crippen molar-refractivity contribution in [3.63, 3.8) is 0 Å². The maximum absolute atomic E-state index is 12.2. The summed E-state index contributed by atoms with van der Waals surface area (Å²) in [6, 6.07) is 9.75. The lowest BCUT2D eigenvalue weighted by atomic mass is 10.2. The zero-order chi connectivity index (χ0) is 16.9. The fraction of sp³-hybridized carbons (Fsp3) is 0.118. The van der Waals surface area contributed by atoms with Crippen molar-refractivity contribution in [2.24, 2.45) is 0 Å². The molecular formula is C17H16N4O3. The van der Waals surface area contributed by atoms with E-state index >= 15 is 0 Å². The highest BCUT2D eigenvalue weighted by Crippen LogP contribution is 2.13. The van der Waals surface area contributed by atoms with E-state index in [4.69, 9.17) is 4.42 Å². The predicted octanol–water partition coefficient (Wildman–Crippen LogP) is 2.22. The van der Waals surface area contributed by atoms with Gasteiger partial charge < -0.3 is 19.6 Å². The standard InChI is InChI=1S/C17H16N4O3/c1-12(19-17(23)15-3-2-10-24-15)16(22)20-13-4-6-14(7-5-13)21-9-8-18-11-21/h2-12H,1H3,(H,19,23)(H,20,22). The van der Waals surface area contributed by atoms with Crippen molar-refractivity contribution in [1.82, 2.24) is 14.9 Å². The van der Waals surface area contributed by atoms with Crippen molar-refractivity contribution < 1.29 is 14.0 Å². The van der Waals surface area contributed by atoms with Crippen LogP contribution in [0.25, 0.3) is 5.69 Å². The Labute approximate surface area is 138 Å². The summed E-state index contributed by atoms with van der Waals surface area (Å²) in [6.07, 6.45) is 6.63. The van der Waals surface area contributed by atoms with Gasteiger partial charge in [0.25, 0.3) is 5.91 Å². The SMILES string of the molecule is CC(NC(=O)c1ccco1)C(=O)Nc1ccc(-n2ccnc2)cc1. The Bertz CT molecular complexity index is 808. The number of amides is 2. The van der Waals surface area contributed by atoms with E-state index in [2.05, 4.69) is 15.6 Å². The van der Waals surface area contributed by atoms with E-state index in [1.807, 2.05) is 22.9 Å². The predicted molar refractivity (Wildman–Crippen MR) is 87.8 cm³/mol. The highest BCUT2D eigenvalue weighted by atomic mass is 16.3. The van der Waals surface area contributed by atoms with E-state index < -0.39 is 11.9 Å². The molecule has 0 aliphatic carbocycles. The zero-order valence-corrected chi connectivity index (χ0v) is 13.0. The minimum Gasteiger partial charge on any atom is -0.459 e. The number of carbonyl (C=O) groups excluding carboxylic acids is 2. The van der Waals surface area contributed by atoms with Gasteiger partial charge in [0.05, 0.1) is 12.6 Å². The molecule has 2 amide bonds. The molecule has 0 aliphatic rings. The number of nitrogens with one attached hydrogen (secondary N) is 2. The summed E-state index contributed by atoms with van der Waals surface area (Å²) < 4.78 is 6.85. The molecule has 1 atom stereocenters. The van der Waals surface area contributed by atoms with E-state index in [0.29, 0.717) is 5.69 Å². The molecule has 122 valence electrons. The topological polar surface area (TPSA) is 89.2 Å². The number of hydrogen-bond acceptors (Lipinski definition) is 4. The Morgan fingerprint density at radius 1 is 1.21 bits per heavy atom. The molecule has 1 aromatic carbocycles. The monoisotopic (exact) mass is 324 g/mol. The summed E-state index contributed by atoms with van der Waals surface area (Å²) in [6.45, 7) is 1.61. The minimum atomic E-state index is -0.698. The van der Waals surface area contributed by atoms with Crippen LogP contribution in [-0.4, -0.2) is 27.4 Å². The van der Waals surface area contributed by atoms with Crippen LogP contribution in [0.3, 0.4) is 0 Å². The van der Waals surface area contributed by atoms with Crippen LogP contribution in [0.15, 0.2) is 65.8 Å². The van der Waals surface area contributed by atoms with E-state index in [1.54, 1.807) is 37.6 Å². The summed E-state index contributed by atoms with van der Waals surface area (Å²) in [5.74, 6) is -0.581. The fourth-order valence-corrected chi connectivity index (χ4v) is 2.12. The number of furan rings is 1. The summed E-state index contributed by atoms with van der Waals surface area (Å²) in [5, 5.41) is 5.33. The lowest BCUT2D eigenvalue weighted by molar-refractivity contribution is -0.117. The van der Waals surface area contributed by atoms with Gasteiger partial charge >= 0.3 is 0 Å². The van der Waals surface area contributed by atoms with Crippen LogP contribution in [-0.2, 0) is 4.79 Å². The van der Waals surface area contributed by atoms with E-state index in [-0.39, 0.29) is 11.7 Å². The van der Waals surface area contributed by atoms with E-state index in [0.717, 1.165) is 5.69 Å². The molecule has 2 aromatic heterocycles. The summed E-state index contributed by atoms with van der Waals surface area (Å²) in [7, 11) is 0. The third-order valence-corrected chi connectivity index (χ3v) is 3.42. The number of carbonyl (C=O) groups is 2. The van der Waals surface area contributed by atoms with Crippen molar-refractivity contribution in [3.8, 4) is 5.69 Å². The minimum absolute atomic E-state index is 0.166. The average molecular weight is 324 g/mol. The molecular weight excluding hydrogens is 308 g/mol. The number of hydrogen-bond donors (Lipinski definition) is 2. The van der Waals surface area contributed by atoms with Crippen LogP contribution in [0.4, 0.5) is 5.69 Å². The molecule has 7 heteroatoms. The number of rotatable bonds is 5. The number of nitrogens with zero attached hydrogens (tertiary/aromatic N) is 2. The third kappa shape index (κ3) is 3.52. The van der Waals surface area contributed by atoms with Gasteiger partial charge in [-0.15, -0.1) is 0 Å². The second-order valence-corrected chi connectivity index (χ2v) is 5.18. The van der Waals surface area contributed by atoms with Crippen molar-refractivity contribution in [1.29, 1.82) is 0 Å². The Kier molecular flexibility index (Phi) is 4.42. The molecule has 0 saturated heterocycles. The van der Waals surface area contributed by atoms with Gasteiger partial charge in [0.1, 0.15) is 6.04 Å². The van der Waals surface area contributed by atoms with Gasteiger partial charge in [-0.1, -0.05) is 0 Å². The smallest absolute Gasteiger partial charge is 0.287 e. The van der Waals surface area contributed by atoms with Crippen LogP contribution >= 0.6 is 0 Å². The first-order chi connectivity index (χ1) is 11.6. The number of anilines is 1. The maximum Gasteiger partial charge on any atom is 0.287 e. The summed E-state index contributed by atoms with van der Waals surface area (Å²) in [5.41, 5.74) is 1.58. The van der Waals surface area contributed by atoms with Gasteiger partial charge in [-0.25, -0.2) is 4.98 Å². The first-order valence-corrected chi connectivity index (χ1v) is 7.37. The molecule has 0 saturated carbocycles. The molecule has 0 fully saturated rings. The molecule has 2 heterocycles. The summed E-state index contributed by atoms with van der Waals surface area (Å²) >= 11 is 0. The number of aromatic nitrogens is 2. The van der Waals surface area contributed by atoms with Crippen molar-refractivity contribution in [3.05, 3.63) is 67.1 Å². The molecule has 2 N–H and O–H groups in total. The molecule has 0 bridgehead atoms. The lowest BCUT2D eigenvalue weighted by Crippen LogP contribution is -2.41. The zero-order valence-electron chi connectivity index (χ0n) is 13.0. The Balaban J connectivity index is 1.59. The molecule has 24 heavy (non-hydrogen) atoms. The van der Waals surface area contributed by atoms with Crippen molar-refractivity contribution in [2.45, 2.75) is 13.0 Å². The van der Waals surface area contributed by atoms with Crippen molar-refractivity contribution >= 4 is 17.5 Å². The van der Waals surface area contributed by atoms with E-state index in [9.17, 15) is 9.59 Å². The first-order valence-electron chi connectivity index (χ1n) is 7.37. The Morgan fingerprint density at radius 2 is 2.00 bits per heavy atom. The molecule has 0 spiro atoms.